The van der Waals surface area contributed by atoms with Crippen LogP contribution >= 0.6 is 0 Å². The Morgan fingerprint density at radius 2 is 2.08 bits per heavy atom. The molecule has 0 unspecified atom stereocenters. The van der Waals surface area contributed by atoms with E-state index >= 15 is 0 Å². The van der Waals surface area contributed by atoms with Crippen molar-refractivity contribution in [1.82, 2.24) is 10.7 Å². The van der Waals surface area contributed by atoms with Crippen LogP contribution in [-0.2, 0) is 20.5 Å². The molecule has 1 amide bonds. The SMILES string of the molecule is CCNC(=O)CNc1ccc(/C(COC=O)=N/NC)cc1C(F)(F)F. The van der Waals surface area contributed by atoms with Gasteiger partial charge in [-0.3, -0.25) is 9.59 Å². The largest absolute Gasteiger partial charge is 0.461 e. The van der Waals surface area contributed by atoms with Gasteiger partial charge < -0.3 is 20.8 Å². The maximum absolute atomic E-state index is 13.3. The van der Waals surface area contributed by atoms with E-state index in [-0.39, 0.29) is 36.6 Å². The van der Waals surface area contributed by atoms with E-state index < -0.39 is 17.6 Å². The monoisotopic (exact) mass is 360 g/mol. The van der Waals surface area contributed by atoms with Gasteiger partial charge >= 0.3 is 6.18 Å². The Morgan fingerprint density at radius 1 is 1.36 bits per heavy atom. The highest BCUT2D eigenvalue weighted by molar-refractivity contribution is 6.02. The molecule has 7 nitrogen and oxygen atoms in total. The minimum atomic E-state index is -4.64. The number of benzene rings is 1. The van der Waals surface area contributed by atoms with Crippen molar-refractivity contribution in [3.8, 4) is 0 Å². The third-order valence-corrected chi connectivity index (χ3v) is 3.01. The lowest BCUT2D eigenvalue weighted by atomic mass is 10.0. The smallest absolute Gasteiger partial charge is 0.418 e. The number of nitrogens with one attached hydrogen (secondary N) is 3. The predicted octanol–water partition coefficient (Wildman–Crippen LogP) is 1.35. The minimum absolute atomic E-state index is 0.121. The minimum Gasteiger partial charge on any atom is -0.461 e. The van der Waals surface area contributed by atoms with Crippen LogP contribution in [-0.4, -0.2) is 44.8 Å². The molecule has 3 N–H and O–H groups in total. The van der Waals surface area contributed by atoms with Crippen molar-refractivity contribution >= 4 is 23.8 Å². The Kier molecular flexibility index (Phi) is 7.70. The average Bonchev–Trinajstić information content (AvgIpc) is 2.56. The number of carbonyl (C=O) groups is 2. The zero-order valence-corrected chi connectivity index (χ0v) is 13.7. The molecule has 1 aromatic carbocycles. The molecule has 0 radical (unpaired) electrons. The number of anilines is 1. The summed E-state index contributed by atoms with van der Waals surface area (Å²) >= 11 is 0. The van der Waals surface area contributed by atoms with Crippen LogP contribution in [0.25, 0.3) is 0 Å². The fraction of sp³-hybridized carbons (Fsp3) is 0.400. The number of nitrogens with zero attached hydrogens (tertiary/aromatic N) is 1. The van der Waals surface area contributed by atoms with E-state index in [1.54, 1.807) is 6.92 Å². The Hall–Kier alpha value is -2.78. The first-order valence-electron chi connectivity index (χ1n) is 7.34. The molecule has 1 aromatic rings. The van der Waals surface area contributed by atoms with Gasteiger partial charge in [-0.25, -0.2) is 0 Å². The molecule has 10 heteroatoms. The van der Waals surface area contributed by atoms with Crippen LogP contribution in [0.5, 0.6) is 0 Å². The highest BCUT2D eigenvalue weighted by atomic mass is 19.4. The highest BCUT2D eigenvalue weighted by Gasteiger charge is 2.34. The lowest BCUT2D eigenvalue weighted by Gasteiger charge is -2.16. The topological polar surface area (TPSA) is 91.8 Å². The molecule has 0 aliphatic heterocycles. The first-order chi connectivity index (χ1) is 11.8. The Balaban J connectivity index is 3.14. The fourth-order valence-electron chi connectivity index (χ4n) is 1.98. The average molecular weight is 360 g/mol. The van der Waals surface area contributed by atoms with Gasteiger partial charge in [0.25, 0.3) is 6.47 Å². The number of amides is 1. The molecule has 0 aromatic heterocycles. The molecule has 0 bridgehead atoms. The van der Waals surface area contributed by atoms with Gasteiger partial charge in [-0.05, 0) is 19.1 Å². The second-order valence-corrected chi connectivity index (χ2v) is 4.75. The number of hydrazone groups is 1. The molecule has 1 rings (SSSR count). The van der Waals surface area contributed by atoms with Crippen LogP contribution in [0.4, 0.5) is 18.9 Å². The number of carbonyl (C=O) groups excluding carboxylic acids is 2. The summed E-state index contributed by atoms with van der Waals surface area (Å²) in [6, 6.07) is 3.47. The van der Waals surface area contributed by atoms with E-state index in [2.05, 4.69) is 25.9 Å². The van der Waals surface area contributed by atoms with Crippen molar-refractivity contribution < 1.29 is 27.5 Å². The van der Waals surface area contributed by atoms with Crippen LogP contribution in [0.1, 0.15) is 18.1 Å². The molecule has 0 spiro atoms. The molecule has 0 aliphatic rings. The van der Waals surface area contributed by atoms with Crippen LogP contribution < -0.4 is 16.1 Å². The number of rotatable bonds is 9. The van der Waals surface area contributed by atoms with Crippen molar-refractivity contribution in [1.29, 1.82) is 0 Å². The highest BCUT2D eigenvalue weighted by Crippen LogP contribution is 2.35. The van der Waals surface area contributed by atoms with Gasteiger partial charge in [0.2, 0.25) is 5.91 Å². The lowest BCUT2D eigenvalue weighted by molar-refractivity contribution is -0.137. The van der Waals surface area contributed by atoms with Gasteiger partial charge in [0.1, 0.15) is 12.3 Å². The first-order valence-corrected chi connectivity index (χ1v) is 7.34. The lowest BCUT2D eigenvalue weighted by Crippen LogP contribution is -2.30. The van der Waals surface area contributed by atoms with E-state index in [4.69, 9.17) is 0 Å². The van der Waals surface area contributed by atoms with Crippen molar-refractivity contribution in [3.63, 3.8) is 0 Å². The molecular formula is C15H19F3N4O3. The quantitative estimate of drug-likeness (QED) is 0.351. The Bertz CT molecular complexity index is 633. The molecule has 0 saturated carbocycles. The zero-order valence-electron chi connectivity index (χ0n) is 13.7. The number of alkyl halides is 3. The van der Waals surface area contributed by atoms with Gasteiger partial charge in [-0.1, -0.05) is 6.07 Å². The van der Waals surface area contributed by atoms with Crippen LogP contribution in [0.2, 0.25) is 0 Å². The standard InChI is InChI=1S/C15H19F3N4O3/c1-3-20-14(24)7-21-12-5-4-10(6-11(12)15(16,17)18)13(22-19-2)8-25-9-23/h4-6,9,19,21H,3,7-8H2,1-2H3,(H,20,24)/b22-13+. The summed E-state index contributed by atoms with van der Waals surface area (Å²) in [5, 5.41) is 8.77. The second-order valence-electron chi connectivity index (χ2n) is 4.75. The number of ether oxygens (including phenoxy) is 1. The summed E-state index contributed by atoms with van der Waals surface area (Å²) in [7, 11) is 1.47. The summed E-state index contributed by atoms with van der Waals surface area (Å²) in [5.74, 6) is -0.420. The Labute approximate surface area is 142 Å². The molecule has 138 valence electrons. The molecule has 0 aliphatic carbocycles. The molecular weight excluding hydrogens is 341 g/mol. The molecule has 25 heavy (non-hydrogen) atoms. The van der Waals surface area contributed by atoms with E-state index in [1.807, 2.05) is 0 Å². The normalized spacial score (nSPS) is 11.6. The van der Waals surface area contributed by atoms with Crippen molar-refractivity contribution in [2.24, 2.45) is 5.10 Å². The zero-order chi connectivity index (χ0) is 18.9. The van der Waals surface area contributed by atoms with E-state index in [1.165, 1.54) is 19.2 Å². The number of likely N-dealkylation sites (N-methyl/N-ethyl adjacent to an activating group) is 1. The Morgan fingerprint density at radius 3 is 2.64 bits per heavy atom. The van der Waals surface area contributed by atoms with Gasteiger partial charge in [-0.15, -0.1) is 0 Å². The van der Waals surface area contributed by atoms with Crippen molar-refractivity contribution in [2.75, 3.05) is 32.1 Å². The predicted molar refractivity (Wildman–Crippen MR) is 86.2 cm³/mol. The maximum atomic E-state index is 13.3. The summed E-state index contributed by atoms with van der Waals surface area (Å²) in [6.07, 6.45) is -4.64. The summed E-state index contributed by atoms with van der Waals surface area (Å²) in [6.45, 7) is 1.69. The van der Waals surface area contributed by atoms with Gasteiger partial charge in [0.15, 0.2) is 0 Å². The molecule has 0 saturated heterocycles. The van der Waals surface area contributed by atoms with Gasteiger partial charge in [-0.2, -0.15) is 18.3 Å². The fourth-order valence-corrected chi connectivity index (χ4v) is 1.98. The van der Waals surface area contributed by atoms with Crippen LogP contribution in [0, 0.1) is 0 Å². The van der Waals surface area contributed by atoms with E-state index in [9.17, 15) is 22.8 Å². The third kappa shape index (κ3) is 6.32. The first kappa shape index (κ1) is 20.3. The summed E-state index contributed by atoms with van der Waals surface area (Å²) < 4.78 is 44.5. The van der Waals surface area contributed by atoms with Gasteiger partial charge in [0, 0.05) is 24.8 Å². The maximum Gasteiger partial charge on any atom is 0.418 e. The van der Waals surface area contributed by atoms with Gasteiger partial charge in [0.05, 0.1) is 12.1 Å². The van der Waals surface area contributed by atoms with Crippen molar-refractivity contribution in [2.45, 2.75) is 13.1 Å². The second kappa shape index (κ2) is 9.50. The van der Waals surface area contributed by atoms with E-state index in [0.717, 1.165) is 6.07 Å². The number of hydrogen-bond donors (Lipinski definition) is 3. The van der Waals surface area contributed by atoms with Crippen molar-refractivity contribution in [3.05, 3.63) is 29.3 Å². The summed E-state index contributed by atoms with van der Waals surface area (Å²) in [5.41, 5.74) is 1.51. The third-order valence-electron chi connectivity index (χ3n) is 3.01. The molecule has 0 heterocycles. The summed E-state index contributed by atoms with van der Waals surface area (Å²) in [4.78, 5) is 21.7. The molecule has 0 atom stereocenters. The number of hydrogen-bond acceptors (Lipinski definition) is 6. The van der Waals surface area contributed by atoms with E-state index in [0.29, 0.717) is 6.54 Å². The van der Waals surface area contributed by atoms with Crippen LogP contribution in [0.3, 0.4) is 0 Å². The van der Waals surface area contributed by atoms with Crippen LogP contribution in [0.15, 0.2) is 23.3 Å². The molecule has 0 fully saturated rings. The number of halogens is 3.